The third-order valence-corrected chi connectivity index (χ3v) is 6.94. The van der Waals surface area contributed by atoms with Crippen LogP contribution in [-0.2, 0) is 11.2 Å². The summed E-state index contributed by atoms with van der Waals surface area (Å²) in [6.45, 7) is 7.50. The molecule has 0 unspecified atom stereocenters. The van der Waals surface area contributed by atoms with Crippen molar-refractivity contribution in [2.45, 2.75) is 27.2 Å². The van der Waals surface area contributed by atoms with E-state index in [1.54, 1.807) is 39.7 Å². The van der Waals surface area contributed by atoms with Crippen molar-refractivity contribution in [2.24, 2.45) is 0 Å². The molecule has 9 nitrogen and oxygen atoms in total. The topological polar surface area (TPSA) is 101 Å². The highest BCUT2D eigenvalue weighted by atomic mass is 19.1. The summed E-state index contributed by atoms with van der Waals surface area (Å²) in [6.07, 6.45) is 2.04. The number of aromatic nitrogens is 3. The molecule has 0 aliphatic carbocycles. The van der Waals surface area contributed by atoms with Gasteiger partial charge in [-0.05, 0) is 86.5 Å². The number of anilines is 3. The minimum absolute atomic E-state index is 0.0451. The number of pyridine rings is 1. The van der Waals surface area contributed by atoms with Gasteiger partial charge in [-0.2, -0.15) is 4.98 Å². The van der Waals surface area contributed by atoms with Gasteiger partial charge in [0.2, 0.25) is 11.9 Å². The number of hydrogen-bond donors (Lipinski definition) is 2. The van der Waals surface area contributed by atoms with Crippen molar-refractivity contribution in [3.05, 3.63) is 102 Å². The summed E-state index contributed by atoms with van der Waals surface area (Å²) in [5.41, 5.74) is 5.14. The van der Waals surface area contributed by atoms with Gasteiger partial charge in [-0.1, -0.05) is 24.3 Å². The molecule has 5 aromatic rings. The Morgan fingerprint density at radius 2 is 1.63 bits per heavy atom. The Morgan fingerprint density at radius 3 is 2.33 bits per heavy atom. The van der Waals surface area contributed by atoms with Crippen LogP contribution in [0.25, 0.3) is 16.8 Å². The second-order valence-electron chi connectivity index (χ2n) is 9.83. The SMILES string of the molecule is CCOc1cc(C(=O)N(CC)CC)ccc1Nc1nc2ccc(-c3ccc(NC(=O)Cc4ccc(F)cc4)cc3)cn2n1. The molecule has 0 bridgehead atoms. The molecule has 2 amide bonds. The molecule has 220 valence electrons. The average molecular weight is 581 g/mol. The fourth-order valence-corrected chi connectivity index (χ4v) is 4.69. The van der Waals surface area contributed by atoms with Gasteiger partial charge in [-0.25, -0.2) is 8.91 Å². The predicted molar refractivity (Wildman–Crippen MR) is 165 cm³/mol. The second kappa shape index (κ2) is 13.2. The molecule has 3 aromatic carbocycles. The number of rotatable bonds is 11. The van der Waals surface area contributed by atoms with Gasteiger partial charge in [0.25, 0.3) is 5.91 Å². The summed E-state index contributed by atoms with van der Waals surface area (Å²) in [4.78, 5) is 31.6. The lowest BCUT2D eigenvalue weighted by molar-refractivity contribution is -0.115. The quantitative estimate of drug-likeness (QED) is 0.189. The zero-order valence-corrected chi connectivity index (χ0v) is 24.3. The Kier molecular flexibility index (Phi) is 8.95. The first-order chi connectivity index (χ1) is 20.9. The van der Waals surface area contributed by atoms with Crippen LogP contribution in [0.2, 0.25) is 0 Å². The third kappa shape index (κ3) is 6.98. The fourth-order valence-electron chi connectivity index (χ4n) is 4.69. The van der Waals surface area contributed by atoms with E-state index < -0.39 is 0 Å². The summed E-state index contributed by atoms with van der Waals surface area (Å²) in [6, 6.07) is 22.5. The monoisotopic (exact) mass is 580 g/mol. The minimum Gasteiger partial charge on any atom is -0.492 e. The maximum absolute atomic E-state index is 13.1. The van der Waals surface area contributed by atoms with E-state index in [9.17, 15) is 14.0 Å². The van der Waals surface area contributed by atoms with Crippen LogP contribution in [0.4, 0.5) is 21.7 Å². The van der Waals surface area contributed by atoms with E-state index in [2.05, 4.69) is 20.7 Å². The number of fused-ring (bicyclic) bond motifs is 1. The van der Waals surface area contributed by atoms with E-state index >= 15 is 0 Å². The van der Waals surface area contributed by atoms with Gasteiger partial charge in [0.15, 0.2) is 5.65 Å². The van der Waals surface area contributed by atoms with Gasteiger partial charge in [0.05, 0.1) is 18.7 Å². The van der Waals surface area contributed by atoms with Crippen LogP contribution >= 0.6 is 0 Å². The zero-order valence-electron chi connectivity index (χ0n) is 24.3. The van der Waals surface area contributed by atoms with Gasteiger partial charge in [-0.3, -0.25) is 9.59 Å². The summed E-state index contributed by atoms with van der Waals surface area (Å²) >= 11 is 0. The molecule has 5 rings (SSSR count). The lowest BCUT2D eigenvalue weighted by Crippen LogP contribution is -2.30. The number of carbonyl (C=O) groups excluding carboxylic acids is 2. The van der Waals surface area contributed by atoms with E-state index in [1.165, 1.54) is 12.1 Å². The molecule has 0 fully saturated rings. The largest absolute Gasteiger partial charge is 0.492 e. The summed E-state index contributed by atoms with van der Waals surface area (Å²) in [5, 5.41) is 10.7. The van der Waals surface area contributed by atoms with E-state index in [4.69, 9.17) is 4.74 Å². The minimum atomic E-state index is -0.332. The van der Waals surface area contributed by atoms with Crippen LogP contribution in [0.5, 0.6) is 5.75 Å². The van der Waals surface area contributed by atoms with Gasteiger partial charge >= 0.3 is 0 Å². The molecule has 0 saturated carbocycles. The molecule has 0 radical (unpaired) electrons. The van der Waals surface area contributed by atoms with Gasteiger partial charge in [0, 0.05) is 36.1 Å². The number of carbonyl (C=O) groups is 2. The summed E-state index contributed by atoms with van der Waals surface area (Å²) in [7, 11) is 0. The normalized spacial score (nSPS) is 10.9. The Hall–Kier alpha value is -5.25. The number of benzene rings is 3. The van der Waals surface area contributed by atoms with E-state index in [0.717, 1.165) is 16.7 Å². The fraction of sp³-hybridized carbons (Fsp3) is 0.212. The van der Waals surface area contributed by atoms with Crippen molar-refractivity contribution in [1.82, 2.24) is 19.5 Å². The Balaban J connectivity index is 1.29. The lowest BCUT2D eigenvalue weighted by Gasteiger charge is -2.19. The molecule has 2 heterocycles. The molecule has 0 aliphatic rings. The number of amides is 2. The molecule has 0 saturated heterocycles. The number of ether oxygens (including phenoxy) is 1. The van der Waals surface area contributed by atoms with Crippen LogP contribution in [0.15, 0.2) is 85.1 Å². The summed E-state index contributed by atoms with van der Waals surface area (Å²) in [5.74, 6) is 0.379. The molecule has 10 heteroatoms. The number of nitrogens with zero attached hydrogens (tertiary/aromatic N) is 4. The Morgan fingerprint density at radius 1 is 0.907 bits per heavy atom. The molecule has 2 aromatic heterocycles. The molecule has 0 atom stereocenters. The van der Waals surface area contributed by atoms with Crippen LogP contribution < -0.4 is 15.4 Å². The first-order valence-electron chi connectivity index (χ1n) is 14.2. The Labute approximate surface area is 249 Å². The van der Waals surface area contributed by atoms with Crippen molar-refractivity contribution < 1.29 is 18.7 Å². The lowest BCUT2D eigenvalue weighted by atomic mass is 10.1. The summed E-state index contributed by atoms with van der Waals surface area (Å²) < 4.78 is 20.6. The van der Waals surface area contributed by atoms with Crippen molar-refractivity contribution in [1.29, 1.82) is 0 Å². The highest BCUT2D eigenvalue weighted by Crippen LogP contribution is 2.29. The van der Waals surface area contributed by atoms with Crippen LogP contribution in [0, 0.1) is 5.82 Å². The Bertz CT molecular complexity index is 1730. The second-order valence-corrected chi connectivity index (χ2v) is 9.83. The van der Waals surface area contributed by atoms with E-state index in [1.807, 2.05) is 63.4 Å². The van der Waals surface area contributed by atoms with Crippen LogP contribution in [-0.4, -0.2) is 51.0 Å². The number of nitrogens with one attached hydrogen (secondary N) is 2. The van der Waals surface area contributed by atoms with Crippen molar-refractivity contribution >= 4 is 34.8 Å². The first-order valence-corrected chi connectivity index (χ1v) is 14.2. The van der Waals surface area contributed by atoms with Crippen molar-refractivity contribution in [3.8, 4) is 16.9 Å². The van der Waals surface area contributed by atoms with Gasteiger partial charge in [0.1, 0.15) is 11.6 Å². The van der Waals surface area contributed by atoms with E-state index in [-0.39, 0.29) is 24.1 Å². The highest BCUT2D eigenvalue weighted by Gasteiger charge is 2.16. The maximum Gasteiger partial charge on any atom is 0.253 e. The van der Waals surface area contributed by atoms with Crippen LogP contribution in [0.1, 0.15) is 36.7 Å². The number of halogens is 1. The smallest absolute Gasteiger partial charge is 0.253 e. The van der Waals surface area contributed by atoms with E-state index in [0.29, 0.717) is 54.0 Å². The standard InChI is InChI=1S/C33H33FN6O3/c1-4-39(5-2)32(42)24-11-17-28(29(20-24)43-6-3)36-33-37-30-18-12-25(21-40(30)38-33)23-9-15-27(16-10-23)35-31(41)19-22-7-13-26(34)14-8-22/h7-18,20-21H,4-6,19H2,1-3H3,(H,35,41)(H,36,38). The molecular weight excluding hydrogens is 547 g/mol. The predicted octanol–water partition coefficient (Wildman–Crippen LogP) is 6.34. The van der Waals surface area contributed by atoms with Crippen molar-refractivity contribution in [3.63, 3.8) is 0 Å². The highest BCUT2D eigenvalue weighted by molar-refractivity contribution is 5.95. The van der Waals surface area contributed by atoms with Crippen molar-refractivity contribution in [2.75, 3.05) is 30.3 Å². The molecular formula is C33H33FN6O3. The average Bonchev–Trinajstić information content (AvgIpc) is 3.42. The number of hydrogen-bond acceptors (Lipinski definition) is 6. The molecule has 0 aliphatic heterocycles. The maximum atomic E-state index is 13.1. The molecule has 0 spiro atoms. The first kappa shape index (κ1) is 29.2. The zero-order chi connectivity index (χ0) is 30.3. The molecule has 43 heavy (non-hydrogen) atoms. The van der Waals surface area contributed by atoms with Gasteiger partial charge in [-0.15, -0.1) is 5.10 Å². The van der Waals surface area contributed by atoms with Crippen LogP contribution in [0.3, 0.4) is 0 Å². The molecule has 2 N–H and O–H groups in total. The van der Waals surface area contributed by atoms with Gasteiger partial charge < -0.3 is 20.3 Å². The third-order valence-electron chi connectivity index (χ3n) is 6.94.